The van der Waals surface area contributed by atoms with Crippen molar-refractivity contribution in [3.63, 3.8) is 0 Å². The Morgan fingerprint density at radius 2 is 1.42 bits per heavy atom. The molecule has 1 amide bonds. The Balaban J connectivity index is 2.27. The first kappa shape index (κ1) is 25.6. The third-order valence-electron chi connectivity index (χ3n) is 5.00. The zero-order valence-electron chi connectivity index (χ0n) is 19.8. The SMILES string of the molecule is CCOC(=O)C1=C(C)NC(C)=C(C(=O)OCC)C1C(=O)OCC(=O)Nc1cc(C)ccc1C. The largest absolute Gasteiger partial charge is 0.463 e. The number of hydrogen-bond acceptors (Lipinski definition) is 8. The standard InChI is InChI=1S/C24H30N2O7/c1-7-31-22(28)19-15(5)25-16(6)20(23(29)32-8-2)21(19)24(30)33-12-18(27)26-17-11-13(3)9-10-14(17)4/h9-11,21,25H,7-8,12H2,1-6H3,(H,26,27). The molecule has 0 aliphatic carbocycles. The highest BCUT2D eigenvalue weighted by Crippen LogP contribution is 2.32. The summed E-state index contributed by atoms with van der Waals surface area (Å²) in [6.07, 6.45) is 0. The summed E-state index contributed by atoms with van der Waals surface area (Å²) in [6.45, 7) is 9.72. The number of anilines is 1. The van der Waals surface area contributed by atoms with Gasteiger partial charge >= 0.3 is 17.9 Å². The molecule has 1 aromatic rings. The molecular weight excluding hydrogens is 428 g/mol. The molecule has 33 heavy (non-hydrogen) atoms. The van der Waals surface area contributed by atoms with Crippen molar-refractivity contribution >= 4 is 29.5 Å². The van der Waals surface area contributed by atoms with Crippen molar-refractivity contribution in [1.82, 2.24) is 5.32 Å². The van der Waals surface area contributed by atoms with Gasteiger partial charge in [-0.15, -0.1) is 0 Å². The molecule has 1 aromatic carbocycles. The summed E-state index contributed by atoms with van der Waals surface area (Å²) in [5.41, 5.74) is 2.98. The highest BCUT2D eigenvalue weighted by molar-refractivity contribution is 6.06. The molecule has 0 saturated heterocycles. The van der Waals surface area contributed by atoms with E-state index in [0.29, 0.717) is 17.1 Å². The van der Waals surface area contributed by atoms with Gasteiger partial charge in [-0.2, -0.15) is 0 Å². The molecule has 1 heterocycles. The number of hydrogen-bond donors (Lipinski definition) is 2. The van der Waals surface area contributed by atoms with Crippen LogP contribution in [-0.4, -0.2) is 43.6 Å². The quantitative estimate of drug-likeness (QED) is 0.451. The van der Waals surface area contributed by atoms with Gasteiger partial charge < -0.3 is 24.8 Å². The van der Waals surface area contributed by atoms with E-state index in [-0.39, 0.29) is 24.4 Å². The number of allylic oxidation sites excluding steroid dienone is 2. The molecule has 9 nitrogen and oxygen atoms in total. The third kappa shape index (κ3) is 6.21. The Kier molecular flexibility index (Phi) is 8.78. The molecule has 2 N–H and O–H groups in total. The van der Waals surface area contributed by atoms with E-state index in [2.05, 4.69) is 10.6 Å². The molecule has 1 aliphatic rings. The Bertz CT molecular complexity index is 984. The molecule has 0 spiro atoms. The van der Waals surface area contributed by atoms with E-state index in [4.69, 9.17) is 14.2 Å². The number of carbonyl (C=O) groups is 4. The van der Waals surface area contributed by atoms with Crippen LogP contribution in [0.25, 0.3) is 0 Å². The van der Waals surface area contributed by atoms with Gasteiger partial charge in [0.15, 0.2) is 6.61 Å². The van der Waals surface area contributed by atoms with Crippen LogP contribution in [0, 0.1) is 19.8 Å². The maximum absolute atomic E-state index is 13.1. The van der Waals surface area contributed by atoms with E-state index in [9.17, 15) is 19.2 Å². The fourth-order valence-electron chi connectivity index (χ4n) is 3.47. The van der Waals surface area contributed by atoms with Gasteiger partial charge in [0.25, 0.3) is 5.91 Å². The average molecular weight is 459 g/mol. The van der Waals surface area contributed by atoms with Crippen molar-refractivity contribution in [1.29, 1.82) is 0 Å². The molecule has 2 rings (SSSR count). The van der Waals surface area contributed by atoms with Crippen molar-refractivity contribution in [2.24, 2.45) is 5.92 Å². The van der Waals surface area contributed by atoms with Crippen molar-refractivity contribution < 1.29 is 33.4 Å². The molecule has 0 aromatic heterocycles. The van der Waals surface area contributed by atoms with Crippen LogP contribution >= 0.6 is 0 Å². The van der Waals surface area contributed by atoms with Crippen LogP contribution < -0.4 is 10.6 Å². The first-order valence-electron chi connectivity index (χ1n) is 10.7. The predicted molar refractivity (Wildman–Crippen MR) is 121 cm³/mol. The number of carbonyl (C=O) groups excluding carboxylic acids is 4. The second-order valence-electron chi connectivity index (χ2n) is 7.55. The van der Waals surface area contributed by atoms with Crippen molar-refractivity contribution in [3.8, 4) is 0 Å². The van der Waals surface area contributed by atoms with Crippen LogP contribution in [0.4, 0.5) is 5.69 Å². The number of benzene rings is 1. The molecule has 0 unspecified atom stereocenters. The summed E-state index contributed by atoms with van der Waals surface area (Å²) in [4.78, 5) is 50.8. The lowest BCUT2D eigenvalue weighted by Crippen LogP contribution is -2.39. The molecule has 0 atom stereocenters. The van der Waals surface area contributed by atoms with Crippen LogP contribution in [0.15, 0.2) is 40.7 Å². The van der Waals surface area contributed by atoms with Gasteiger partial charge in [-0.3, -0.25) is 9.59 Å². The smallest absolute Gasteiger partial charge is 0.337 e. The minimum absolute atomic E-state index is 0.0644. The summed E-state index contributed by atoms with van der Waals surface area (Å²) < 4.78 is 15.4. The summed E-state index contributed by atoms with van der Waals surface area (Å²) in [7, 11) is 0. The summed E-state index contributed by atoms with van der Waals surface area (Å²) in [5.74, 6) is -4.41. The number of nitrogens with one attached hydrogen (secondary N) is 2. The second-order valence-corrected chi connectivity index (χ2v) is 7.55. The molecule has 178 valence electrons. The van der Waals surface area contributed by atoms with Crippen LogP contribution in [0.3, 0.4) is 0 Å². The lowest BCUT2D eigenvalue weighted by molar-refractivity contribution is -0.153. The summed E-state index contributed by atoms with van der Waals surface area (Å²) in [5, 5.41) is 5.62. The molecule has 0 bridgehead atoms. The van der Waals surface area contributed by atoms with Crippen LogP contribution in [0.5, 0.6) is 0 Å². The van der Waals surface area contributed by atoms with Crippen LogP contribution in [0.1, 0.15) is 38.8 Å². The van der Waals surface area contributed by atoms with Gasteiger partial charge in [0.1, 0.15) is 5.92 Å². The fraction of sp³-hybridized carbons (Fsp3) is 0.417. The zero-order valence-corrected chi connectivity index (χ0v) is 19.8. The van der Waals surface area contributed by atoms with E-state index >= 15 is 0 Å². The number of rotatable bonds is 8. The monoisotopic (exact) mass is 458 g/mol. The highest BCUT2D eigenvalue weighted by Gasteiger charge is 2.42. The van der Waals surface area contributed by atoms with Gasteiger partial charge in [-0.1, -0.05) is 12.1 Å². The minimum Gasteiger partial charge on any atom is -0.463 e. The molecule has 0 fully saturated rings. The minimum atomic E-state index is -1.39. The summed E-state index contributed by atoms with van der Waals surface area (Å²) in [6, 6.07) is 5.58. The predicted octanol–water partition coefficient (Wildman–Crippen LogP) is 2.68. The van der Waals surface area contributed by atoms with Crippen LogP contribution in [0.2, 0.25) is 0 Å². The van der Waals surface area contributed by atoms with Gasteiger partial charge in [0.2, 0.25) is 0 Å². The molecule has 1 aliphatic heterocycles. The van der Waals surface area contributed by atoms with Gasteiger partial charge in [-0.05, 0) is 58.7 Å². The lowest BCUT2D eigenvalue weighted by atomic mass is 9.85. The maximum Gasteiger partial charge on any atom is 0.337 e. The van der Waals surface area contributed by atoms with E-state index in [0.717, 1.165) is 11.1 Å². The Morgan fingerprint density at radius 1 is 0.879 bits per heavy atom. The lowest BCUT2D eigenvalue weighted by Gasteiger charge is -2.28. The topological polar surface area (TPSA) is 120 Å². The fourth-order valence-corrected chi connectivity index (χ4v) is 3.47. The van der Waals surface area contributed by atoms with E-state index < -0.39 is 36.3 Å². The number of esters is 3. The van der Waals surface area contributed by atoms with Crippen molar-refractivity contribution in [2.45, 2.75) is 41.5 Å². The number of aryl methyl sites for hydroxylation is 2. The molecule has 0 saturated carbocycles. The van der Waals surface area contributed by atoms with Gasteiger partial charge in [-0.25, -0.2) is 9.59 Å². The molecular formula is C24H30N2O7. The third-order valence-corrected chi connectivity index (χ3v) is 5.00. The van der Waals surface area contributed by atoms with E-state index in [1.165, 1.54) is 0 Å². The first-order valence-corrected chi connectivity index (χ1v) is 10.7. The highest BCUT2D eigenvalue weighted by atomic mass is 16.5. The van der Waals surface area contributed by atoms with Gasteiger partial charge in [0.05, 0.1) is 24.4 Å². The maximum atomic E-state index is 13.1. The number of amides is 1. The van der Waals surface area contributed by atoms with Crippen molar-refractivity contribution in [2.75, 3.05) is 25.1 Å². The van der Waals surface area contributed by atoms with Crippen molar-refractivity contribution in [3.05, 3.63) is 51.9 Å². The van der Waals surface area contributed by atoms with Gasteiger partial charge in [0, 0.05) is 17.1 Å². The van der Waals surface area contributed by atoms with E-state index in [1.54, 1.807) is 33.8 Å². The number of ether oxygens (including phenoxy) is 3. The van der Waals surface area contributed by atoms with Crippen LogP contribution in [-0.2, 0) is 33.4 Å². The van der Waals surface area contributed by atoms with E-state index in [1.807, 2.05) is 26.0 Å². The second kappa shape index (κ2) is 11.3. The normalized spacial score (nSPS) is 13.9. The Hall–Kier alpha value is -3.62. The molecule has 0 radical (unpaired) electrons. The zero-order chi connectivity index (χ0) is 24.7. The Labute approximate surface area is 193 Å². The first-order chi connectivity index (χ1) is 15.6. The molecule has 9 heteroatoms. The summed E-state index contributed by atoms with van der Waals surface area (Å²) >= 11 is 0. The Morgan fingerprint density at radius 3 is 1.94 bits per heavy atom. The average Bonchev–Trinajstić information content (AvgIpc) is 2.74. The number of dihydropyridines is 1.